The molecule has 0 aromatic rings. The van der Waals surface area contributed by atoms with Crippen molar-refractivity contribution in [2.24, 2.45) is 0 Å². The van der Waals surface area contributed by atoms with E-state index in [-0.39, 0.29) is 6.10 Å². The molecule has 5 heteroatoms. The molecule has 0 spiro atoms. The summed E-state index contributed by atoms with van der Waals surface area (Å²) in [6, 6.07) is 0. The van der Waals surface area contributed by atoms with Gasteiger partial charge in [-0.2, -0.15) is 12.6 Å². The van der Waals surface area contributed by atoms with Crippen molar-refractivity contribution in [1.29, 1.82) is 0 Å². The molecule has 0 aliphatic carbocycles. The van der Waals surface area contributed by atoms with E-state index in [0.29, 0.717) is 0 Å². The fraction of sp³-hybridized carbons (Fsp3) is 1.00. The summed E-state index contributed by atoms with van der Waals surface area (Å²) in [5.41, 5.74) is 0. The first-order chi connectivity index (χ1) is 7.74. The number of hydrogen-bond acceptors (Lipinski definition) is 4. The van der Waals surface area contributed by atoms with Gasteiger partial charge in [-0.3, -0.25) is 0 Å². The third-order valence-electron chi connectivity index (χ3n) is 2.03. The van der Waals surface area contributed by atoms with Crippen LogP contribution in [0.1, 0.15) is 46.5 Å². The normalized spacial score (nSPS) is 13.3. The van der Waals surface area contributed by atoms with Crippen LogP contribution >= 0.6 is 12.6 Å². The molecule has 1 unspecified atom stereocenters. The molecule has 3 nitrogen and oxygen atoms in total. The van der Waals surface area contributed by atoms with Crippen LogP contribution in [0.3, 0.4) is 0 Å². The summed E-state index contributed by atoms with van der Waals surface area (Å²) in [7, 11) is -1.89. The molecule has 16 heavy (non-hydrogen) atoms. The first-order valence-electron chi connectivity index (χ1n) is 6.24. The molecule has 0 aliphatic rings. The van der Waals surface area contributed by atoms with Crippen LogP contribution in [0.5, 0.6) is 0 Å². The molecule has 0 rings (SSSR count). The van der Waals surface area contributed by atoms with Crippen LogP contribution in [0.2, 0.25) is 0 Å². The molecular weight excluding hydrogens is 240 g/mol. The molecule has 0 aromatic heterocycles. The van der Waals surface area contributed by atoms with Crippen LogP contribution in [0.25, 0.3) is 0 Å². The topological polar surface area (TPSA) is 27.7 Å². The van der Waals surface area contributed by atoms with Gasteiger partial charge in [-0.05, 0) is 38.4 Å². The quantitative estimate of drug-likeness (QED) is 0.460. The Hall–Kier alpha value is 0.447. The lowest BCUT2D eigenvalue weighted by atomic mass is 10.2. The maximum Gasteiger partial charge on any atom is 0.484 e. The van der Waals surface area contributed by atoms with Crippen LogP contribution in [-0.4, -0.2) is 34.6 Å². The molecule has 1 atom stereocenters. The maximum absolute atomic E-state index is 5.82. The van der Waals surface area contributed by atoms with E-state index in [1.165, 1.54) is 0 Å². The van der Waals surface area contributed by atoms with Gasteiger partial charge in [-0.15, -0.1) is 0 Å². The summed E-state index contributed by atoms with van der Waals surface area (Å²) >= 11 is 4.19. The van der Waals surface area contributed by atoms with Crippen molar-refractivity contribution in [2.45, 2.75) is 52.6 Å². The maximum atomic E-state index is 5.82. The highest BCUT2D eigenvalue weighted by Gasteiger charge is 2.18. The van der Waals surface area contributed by atoms with E-state index in [9.17, 15) is 0 Å². The van der Waals surface area contributed by atoms with E-state index in [4.69, 9.17) is 13.3 Å². The van der Waals surface area contributed by atoms with Gasteiger partial charge in [0.1, 0.15) is 0 Å². The highest BCUT2D eigenvalue weighted by Crippen LogP contribution is 2.06. The van der Waals surface area contributed by atoms with Gasteiger partial charge in [0.15, 0.2) is 0 Å². The minimum atomic E-state index is -1.89. The molecule has 0 saturated heterocycles. The van der Waals surface area contributed by atoms with E-state index >= 15 is 0 Å². The molecule has 0 saturated carbocycles. The van der Waals surface area contributed by atoms with Crippen molar-refractivity contribution in [3.05, 3.63) is 0 Å². The third-order valence-corrected chi connectivity index (χ3v) is 4.05. The zero-order valence-corrected chi connectivity index (χ0v) is 12.8. The second-order valence-corrected chi connectivity index (χ2v) is 5.81. The average Bonchev–Trinajstić information content (AvgIpc) is 2.30. The number of hydrogen-bond donors (Lipinski definition) is 1. The lowest BCUT2D eigenvalue weighted by Gasteiger charge is -2.20. The second-order valence-electron chi connectivity index (χ2n) is 3.84. The lowest BCUT2D eigenvalue weighted by Crippen LogP contribution is -2.32. The predicted molar refractivity (Wildman–Crippen MR) is 73.3 cm³/mol. The van der Waals surface area contributed by atoms with Crippen molar-refractivity contribution >= 4 is 22.2 Å². The summed E-state index contributed by atoms with van der Waals surface area (Å²) in [5, 5.41) is 0. The Labute approximate surface area is 107 Å². The van der Waals surface area contributed by atoms with Crippen molar-refractivity contribution in [3.8, 4) is 0 Å². The summed E-state index contributed by atoms with van der Waals surface area (Å²) in [5.74, 6) is 0.908. The minimum Gasteiger partial charge on any atom is -0.376 e. The number of rotatable bonds is 11. The van der Waals surface area contributed by atoms with E-state index in [2.05, 4.69) is 33.4 Å². The van der Waals surface area contributed by atoms with Gasteiger partial charge >= 0.3 is 9.53 Å². The summed E-state index contributed by atoms with van der Waals surface area (Å²) < 4.78 is 17.1. The Morgan fingerprint density at radius 3 is 2.12 bits per heavy atom. The minimum absolute atomic E-state index is 0.220. The van der Waals surface area contributed by atoms with Crippen LogP contribution in [0.15, 0.2) is 0 Å². The molecule has 98 valence electrons. The molecule has 0 bridgehead atoms. The summed E-state index contributed by atoms with van der Waals surface area (Å²) in [4.78, 5) is 0. The van der Waals surface area contributed by atoms with Gasteiger partial charge in [0, 0.05) is 19.3 Å². The van der Waals surface area contributed by atoms with Crippen molar-refractivity contribution in [2.75, 3.05) is 19.0 Å². The first kappa shape index (κ1) is 16.4. The van der Waals surface area contributed by atoms with Gasteiger partial charge in [0.2, 0.25) is 0 Å². The fourth-order valence-corrected chi connectivity index (χ4v) is 3.00. The predicted octanol–water partition coefficient (Wildman–Crippen LogP) is 2.67. The Bertz CT molecular complexity index is 141. The summed E-state index contributed by atoms with van der Waals surface area (Å²) in [6.07, 6.45) is 4.34. The highest BCUT2D eigenvalue weighted by atomic mass is 32.1. The van der Waals surface area contributed by atoms with E-state index in [1.54, 1.807) is 0 Å². The average molecular weight is 266 g/mol. The molecule has 0 aromatic carbocycles. The molecule has 0 N–H and O–H groups in total. The second kappa shape index (κ2) is 11.9. The molecule has 0 aliphatic heterocycles. The standard InChI is InChI=1S/C11H26O3SSi/c1-4-8-12-16(13-9-5-2)14-11(3)7-6-10-15/h11,15-16H,4-10H2,1-3H3. The van der Waals surface area contributed by atoms with Crippen molar-refractivity contribution < 1.29 is 13.3 Å². The fourth-order valence-electron chi connectivity index (χ4n) is 1.19. The Morgan fingerprint density at radius 1 is 1.12 bits per heavy atom. The highest BCUT2D eigenvalue weighted by molar-refractivity contribution is 7.80. The number of thiol groups is 1. The zero-order chi connectivity index (χ0) is 12.2. The molecule has 0 fully saturated rings. The van der Waals surface area contributed by atoms with Gasteiger partial charge in [0.25, 0.3) is 0 Å². The van der Waals surface area contributed by atoms with Crippen LogP contribution < -0.4 is 0 Å². The first-order valence-corrected chi connectivity index (χ1v) is 8.28. The Kier molecular flexibility index (Phi) is 12.3. The molecule has 0 heterocycles. The smallest absolute Gasteiger partial charge is 0.376 e. The van der Waals surface area contributed by atoms with Gasteiger partial charge in [-0.1, -0.05) is 13.8 Å². The zero-order valence-electron chi connectivity index (χ0n) is 10.8. The van der Waals surface area contributed by atoms with E-state index < -0.39 is 9.53 Å². The van der Waals surface area contributed by atoms with Gasteiger partial charge in [-0.25, -0.2) is 0 Å². The summed E-state index contributed by atoms with van der Waals surface area (Å²) in [6.45, 7) is 7.74. The Morgan fingerprint density at radius 2 is 1.69 bits per heavy atom. The van der Waals surface area contributed by atoms with Gasteiger partial charge in [0.05, 0.1) is 0 Å². The van der Waals surface area contributed by atoms with Crippen LogP contribution in [0.4, 0.5) is 0 Å². The van der Waals surface area contributed by atoms with Crippen LogP contribution in [-0.2, 0) is 13.3 Å². The van der Waals surface area contributed by atoms with Crippen LogP contribution in [0, 0.1) is 0 Å². The Balaban J connectivity index is 3.78. The molecule has 0 amide bonds. The SMILES string of the molecule is CCCO[SiH](OCCC)OC(C)CCCS. The van der Waals surface area contributed by atoms with Crippen molar-refractivity contribution in [1.82, 2.24) is 0 Å². The monoisotopic (exact) mass is 266 g/mol. The third kappa shape index (κ3) is 9.66. The van der Waals surface area contributed by atoms with Gasteiger partial charge < -0.3 is 13.3 Å². The van der Waals surface area contributed by atoms with Crippen molar-refractivity contribution in [3.63, 3.8) is 0 Å². The van der Waals surface area contributed by atoms with E-state index in [1.807, 2.05) is 0 Å². The molecule has 0 radical (unpaired) electrons. The lowest BCUT2D eigenvalue weighted by molar-refractivity contribution is 0.0605. The largest absolute Gasteiger partial charge is 0.484 e. The van der Waals surface area contributed by atoms with E-state index in [0.717, 1.165) is 44.6 Å². The molecular formula is C11H26O3SSi.